The highest BCUT2D eigenvalue weighted by Gasteiger charge is 2.21. The van der Waals surface area contributed by atoms with Crippen molar-refractivity contribution in [3.8, 4) is 11.3 Å². The Bertz CT molecular complexity index is 1630. The maximum atomic E-state index is 13.3. The SMILES string of the molecule is Cc1cc(C(O)C(=O)Nc2cscn2)ccc1C(=O)N[C@H](C)c1cc(-c2cnn(C)c2)nc2ccccc12. The summed E-state index contributed by atoms with van der Waals surface area (Å²) in [5.41, 5.74) is 6.51. The third-order valence-corrected chi connectivity index (χ3v) is 6.89. The van der Waals surface area contributed by atoms with Crippen LogP contribution in [0.2, 0.25) is 0 Å². The van der Waals surface area contributed by atoms with Crippen LogP contribution < -0.4 is 10.6 Å². The van der Waals surface area contributed by atoms with Crippen LogP contribution >= 0.6 is 11.3 Å². The van der Waals surface area contributed by atoms with Gasteiger partial charge in [0.15, 0.2) is 6.10 Å². The second kappa shape index (κ2) is 10.5. The fourth-order valence-corrected chi connectivity index (χ4v) is 4.83. The fraction of sp³-hybridized carbons (Fsp3) is 0.179. The number of aromatic nitrogens is 4. The summed E-state index contributed by atoms with van der Waals surface area (Å²) in [7, 11) is 1.86. The number of aliphatic hydroxyl groups excluding tert-OH is 1. The van der Waals surface area contributed by atoms with E-state index in [9.17, 15) is 14.7 Å². The number of para-hydroxylation sites is 1. The molecule has 10 heteroatoms. The largest absolute Gasteiger partial charge is 0.378 e. The van der Waals surface area contributed by atoms with Crippen molar-refractivity contribution < 1.29 is 14.7 Å². The Balaban J connectivity index is 1.37. The molecule has 0 fully saturated rings. The molecule has 0 spiro atoms. The molecule has 5 rings (SSSR count). The molecule has 192 valence electrons. The molecule has 2 amide bonds. The van der Waals surface area contributed by atoms with Crippen LogP contribution in [0.25, 0.3) is 22.2 Å². The minimum Gasteiger partial charge on any atom is -0.378 e. The second-order valence-corrected chi connectivity index (χ2v) is 9.77. The van der Waals surface area contributed by atoms with Crippen LogP contribution in [0.4, 0.5) is 5.82 Å². The zero-order valence-corrected chi connectivity index (χ0v) is 21.9. The smallest absolute Gasteiger partial charge is 0.259 e. The average Bonchev–Trinajstić information content (AvgIpc) is 3.59. The number of carbonyl (C=O) groups is 2. The van der Waals surface area contributed by atoms with Gasteiger partial charge in [-0.15, -0.1) is 11.3 Å². The summed E-state index contributed by atoms with van der Waals surface area (Å²) < 4.78 is 1.73. The molecule has 3 heterocycles. The van der Waals surface area contributed by atoms with Gasteiger partial charge in [-0.1, -0.05) is 30.3 Å². The highest BCUT2D eigenvalue weighted by Crippen LogP contribution is 2.29. The predicted molar refractivity (Wildman–Crippen MR) is 147 cm³/mol. The lowest BCUT2D eigenvalue weighted by Crippen LogP contribution is -2.28. The van der Waals surface area contributed by atoms with Gasteiger partial charge in [0.1, 0.15) is 5.82 Å². The van der Waals surface area contributed by atoms with E-state index in [0.29, 0.717) is 22.5 Å². The molecule has 0 bridgehead atoms. The molecule has 2 aromatic carbocycles. The first-order chi connectivity index (χ1) is 18.3. The Labute approximate surface area is 223 Å². The number of hydrogen-bond acceptors (Lipinski definition) is 7. The Kier molecular flexibility index (Phi) is 6.99. The number of fused-ring (bicyclic) bond motifs is 1. The number of aryl methyl sites for hydroxylation is 2. The van der Waals surface area contributed by atoms with Crippen LogP contribution in [0.15, 0.2) is 71.8 Å². The van der Waals surface area contributed by atoms with E-state index < -0.39 is 12.0 Å². The molecule has 0 aliphatic carbocycles. The molecule has 1 unspecified atom stereocenters. The zero-order valence-electron chi connectivity index (χ0n) is 21.0. The zero-order chi connectivity index (χ0) is 26.8. The van der Waals surface area contributed by atoms with Gasteiger partial charge in [0, 0.05) is 35.1 Å². The maximum Gasteiger partial charge on any atom is 0.259 e. The van der Waals surface area contributed by atoms with Gasteiger partial charge in [0.25, 0.3) is 11.8 Å². The first-order valence-corrected chi connectivity index (χ1v) is 12.9. The molecule has 2 atom stereocenters. The normalized spacial score (nSPS) is 12.7. The first-order valence-electron chi connectivity index (χ1n) is 12.0. The summed E-state index contributed by atoms with van der Waals surface area (Å²) in [5, 5.41) is 23.1. The van der Waals surface area contributed by atoms with Crippen molar-refractivity contribution in [1.82, 2.24) is 25.1 Å². The molecule has 0 aliphatic heterocycles. The van der Waals surface area contributed by atoms with Crippen molar-refractivity contribution in [2.24, 2.45) is 7.05 Å². The molecule has 0 aliphatic rings. The molecule has 0 radical (unpaired) electrons. The lowest BCUT2D eigenvalue weighted by Gasteiger charge is -2.19. The van der Waals surface area contributed by atoms with Crippen LogP contribution in [0.3, 0.4) is 0 Å². The Morgan fingerprint density at radius 1 is 1.13 bits per heavy atom. The number of nitrogens with one attached hydrogen (secondary N) is 2. The summed E-state index contributed by atoms with van der Waals surface area (Å²) in [6, 6.07) is 14.3. The number of hydrogen-bond donors (Lipinski definition) is 3. The van der Waals surface area contributed by atoms with Gasteiger partial charge in [-0.25, -0.2) is 9.97 Å². The molecule has 38 heavy (non-hydrogen) atoms. The molecule has 0 saturated carbocycles. The monoisotopic (exact) mass is 526 g/mol. The van der Waals surface area contributed by atoms with E-state index in [1.807, 2.05) is 50.5 Å². The molecular formula is C28H26N6O3S. The molecule has 3 N–H and O–H groups in total. The molecule has 0 saturated heterocycles. The number of pyridine rings is 1. The minimum atomic E-state index is -1.39. The summed E-state index contributed by atoms with van der Waals surface area (Å²) in [6.07, 6.45) is 2.28. The van der Waals surface area contributed by atoms with E-state index >= 15 is 0 Å². The molecular weight excluding hydrogens is 500 g/mol. The summed E-state index contributed by atoms with van der Waals surface area (Å²) >= 11 is 1.34. The third kappa shape index (κ3) is 5.17. The summed E-state index contributed by atoms with van der Waals surface area (Å²) in [5.74, 6) is -0.460. The number of benzene rings is 2. The van der Waals surface area contributed by atoms with E-state index in [1.165, 1.54) is 11.3 Å². The van der Waals surface area contributed by atoms with Crippen LogP contribution in [0.5, 0.6) is 0 Å². The Morgan fingerprint density at radius 2 is 1.95 bits per heavy atom. The van der Waals surface area contributed by atoms with Gasteiger partial charge in [-0.3, -0.25) is 14.3 Å². The van der Waals surface area contributed by atoms with Gasteiger partial charge in [0.2, 0.25) is 0 Å². The molecule has 9 nitrogen and oxygen atoms in total. The van der Waals surface area contributed by atoms with Crippen LogP contribution in [-0.2, 0) is 11.8 Å². The van der Waals surface area contributed by atoms with E-state index in [-0.39, 0.29) is 11.9 Å². The quantitative estimate of drug-likeness (QED) is 0.286. The first kappa shape index (κ1) is 25.2. The maximum absolute atomic E-state index is 13.3. The number of anilines is 1. The second-order valence-electron chi connectivity index (χ2n) is 9.05. The van der Waals surface area contributed by atoms with Crippen molar-refractivity contribution in [2.45, 2.75) is 26.0 Å². The highest BCUT2D eigenvalue weighted by molar-refractivity contribution is 7.07. The van der Waals surface area contributed by atoms with Crippen molar-refractivity contribution in [2.75, 3.05) is 5.32 Å². The number of aliphatic hydroxyl groups is 1. The van der Waals surface area contributed by atoms with Crippen molar-refractivity contribution >= 4 is 39.9 Å². The minimum absolute atomic E-state index is 0.258. The van der Waals surface area contributed by atoms with Gasteiger partial charge in [0.05, 0.1) is 29.0 Å². The van der Waals surface area contributed by atoms with Crippen LogP contribution in [0, 0.1) is 6.92 Å². The van der Waals surface area contributed by atoms with Crippen molar-refractivity contribution in [1.29, 1.82) is 0 Å². The van der Waals surface area contributed by atoms with Crippen molar-refractivity contribution in [3.63, 3.8) is 0 Å². The molecule has 5 aromatic rings. The van der Waals surface area contributed by atoms with Crippen LogP contribution in [-0.4, -0.2) is 36.7 Å². The van der Waals surface area contributed by atoms with Gasteiger partial charge in [-0.05, 0) is 48.7 Å². The average molecular weight is 527 g/mol. The lowest BCUT2D eigenvalue weighted by molar-refractivity contribution is -0.124. The lowest BCUT2D eigenvalue weighted by atomic mass is 9.98. The highest BCUT2D eigenvalue weighted by atomic mass is 32.1. The number of rotatable bonds is 7. The summed E-state index contributed by atoms with van der Waals surface area (Å²) in [4.78, 5) is 34.5. The Hall–Kier alpha value is -4.41. The third-order valence-electron chi connectivity index (χ3n) is 6.31. The summed E-state index contributed by atoms with van der Waals surface area (Å²) in [6.45, 7) is 3.71. The van der Waals surface area contributed by atoms with Gasteiger partial charge >= 0.3 is 0 Å². The van der Waals surface area contributed by atoms with Gasteiger partial charge < -0.3 is 15.7 Å². The van der Waals surface area contributed by atoms with E-state index in [1.54, 1.807) is 46.9 Å². The van der Waals surface area contributed by atoms with Gasteiger partial charge in [-0.2, -0.15) is 5.10 Å². The van der Waals surface area contributed by atoms with Crippen molar-refractivity contribution in [3.05, 3.63) is 94.1 Å². The van der Waals surface area contributed by atoms with E-state index in [2.05, 4.69) is 20.7 Å². The fourth-order valence-electron chi connectivity index (χ4n) is 4.35. The van der Waals surface area contributed by atoms with Crippen LogP contribution in [0.1, 0.15) is 46.1 Å². The topological polar surface area (TPSA) is 122 Å². The number of amides is 2. The standard InChI is InChI=1S/C28H26N6O3S/c1-16-10-18(26(35)28(37)33-25-14-38-15-29-25)8-9-20(16)27(36)31-17(2)22-11-24(19-12-30-34(3)13-19)32-23-7-5-4-6-21(22)23/h4-15,17,26,35H,1-3H3,(H,31,36)(H,33,37)/t17-,26?/m1/s1. The predicted octanol–water partition coefficient (Wildman–Crippen LogP) is 4.56. The Morgan fingerprint density at radius 3 is 2.66 bits per heavy atom. The number of thiazole rings is 1. The van der Waals surface area contributed by atoms with E-state index in [4.69, 9.17) is 4.98 Å². The number of nitrogens with zero attached hydrogens (tertiary/aromatic N) is 4. The van der Waals surface area contributed by atoms with E-state index in [0.717, 1.165) is 27.7 Å². The number of carbonyl (C=O) groups excluding carboxylic acids is 2. The molecule has 3 aromatic heterocycles.